The summed E-state index contributed by atoms with van der Waals surface area (Å²) in [4.78, 5) is 21.0. The number of aromatic amines is 1. The van der Waals surface area contributed by atoms with Crippen LogP contribution in [-0.2, 0) is 11.3 Å². The molecule has 0 fully saturated rings. The highest BCUT2D eigenvalue weighted by atomic mass is 35.5. The van der Waals surface area contributed by atoms with Crippen molar-refractivity contribution in [1.29, 1.82) is 0 Å². The summed E-state index contributed by atoms with van der Waals surface area (Å²) in [5.41, 5.74) is 6.62. The summed E-state index contributed by atoms with van der Waals surface area (Å²) in [6, 6.07) is 6.41. The SMILES string of the molecule is COCc1cc(=O)[nH]c([NH+]=C(N)Nc2cc(Cl)ccc2OC)n1. The van der Waals surface area contributed by atoms with Gasteiger partial charge in [0.05, 0.1) is 13.7 Å². The topological polar surface area (TPSA) is 116 Å². The van der Waals surface area contributed by atoms with E-state index in [1.165, 1.54) is 20.3 Å². The number of hydrogen-bond acceptors (Lipinski definition) is 4. The third kappa shape index (κ3) is 4.70. The first-order valence-corrected chi connectivity index (χ1v) is 6.99. The fourth-order valence-electron chi connectivity index (χ4n) is 1.87. The number of methoxy groups -OCH3 is 2. The van der Waals surface area contributed by atoms with Crippen LogP contribution in [0.15, 0.2) is 29.1 Å². The second-order valence-corrected chi connectivity index (χ2v) is 4.96. The van der Waals surface area contributed by atoms with E-state index in [-0.39, 0.29) is 24.1 Å². The lowest BCUT2D eigenvalue weighted by molar-refractivity contribution is -0.365. The summed E-state index contributed by atoms with van der Waals surface area (Å²) >= 11 is 5.95. The third-order valence-electron chi connectivity index (χ3n) is 2.77. The van der Waals surface area contributed by atoms with Crippen molar-refractivity contribution in [2.75, 3.05) is 19.5 Å². The molecule has 0 aliphatic carbocycles. The zero-order chi connectivity index (χ0) is 16.8. The van der Waals surface area contributed by atoms with Crippen molar-refractivity contribution < 1.29 is 14.5 Å². The number of H-pyrrole nitrogens is 1. The van der Waals surface area contributed by atoms with E-state index in [1.807, 2.05) is 0 Å². The predicted octanol–water partition coefficient (Wildman–Crippen LogP) is -0.283. The zero-order valence-corrected chi connectivity index (χ0v) is 13.4. The number of nitrogens with two attached hydrogens (primary N) is 1. The maximum absolute atomic E-state index is 11.6. The molecule has 0 radical (unpaired) electrons. The first-order chi connectivity index (χ1) is 11.0. The highest BCUT2D eigenvalue weighted by molar-refractivity contribution is 6.31. The molecule has 0 saturated carbocycles. The van der Waals surface area contributed by atoms with Crippen molar-refractivity contribution in [1.82, 2.24) is 9.97 Å². The Morgan fingerprint density at radius 3 is 2.91 bits per heavy atom. The Balaban J connectivity index is 2.27. The van der Waals surface area contributed by atoms with E-state index in [1.54, 1.807) is 18.2 Å². The fraction of sp³-hybridized carbons (Fsp3) is 0.214. The molecule has 2 rings (SSSR count). The molecule has 9 heteroatoms. The Bertz CT molecular complexity index is 775. The predicted molar refractivity (Wildman–Crippen MR) is 87.0 cm³/mol. The monoisotopic (exact) mass is 338 g/mol. The molecule has 1 aromatic carbocycles. The minimum absolute atomic E-state index is 0.142. The van der Waals surface area contributed by atoms with E-state index < -0.39 is 0 Å². The van der Waals surface area contributed by atoms with Crippen LogP contribution in [-0.4, -0.2) is 30.1 Å². The van der Waals surface area contributed by atoms with Gasteiger partial charge in [0.25, 0.3) is 11.5 Å². The number of rotatable bonds is 5. The van der Waals surface area contributed by atoms with Gasteiger partial charge in [0.15, 0.2) is 5.75 Å². The average molecular weight is 339 g/mol. The lowest BCUT2D eigenvalue weighted by atomic mass is 10.3. The summed E-state index contributed by atoms with van der Waals surface area (Å²) in [6.45, 7) is 0.216. The van der Waals surface area contributed by atoms with Gasteiger partial charge >= 0.3 is 5.95 Å². The van der Waals surface area contributed by atoms with Crippen LogP contribution in [0.25, 0.3) is 0 Å². The molecule has 5 N–H and O–H groups in total. The summed E-state index contributed by atoms with van der Waals surface area (Å²) in [6.07, 6.45) is 0. The molecule has 8 nitrogen and oxygen atoms in total. The van der Waals surface area contributed by atoms with Gasteiger partial charge in [0, 0.05) is 18.2 Å². The minimum Gasteiger partial charge on any atom is -0.494 e. The van der Waals surface area contributed by atoms with Gasteiger partial charge in [0.2, 0.25) is 0 Å². The average Bonchev–Trinajstić information content (AvgIpc) is 2.47. The van der Waals surface area contributed by atoms with Crippen molar-refractivity contribution >= 4 is 29.2 Å². The number of ether oxygens (including phenoxy) is 2. The second kappa shape index (κ2) is 7.61. The molecule has 0 unspecified atom stereocenters. The molecular weight excluding hydrogens is 322 g/mol. The molecule has 122 valence electrons. The summed E-state index contributed by atoms with van der Waals surface area (Å²) in [7, 11) is 3.05. The van der Waals surface area contributed by atoms with E-state index in [2.05, 4.69) is 20.3 Å². The summed E-state index contributed by atoms with van der Waals surface area (Å²) in [5.74, 6) is 0.896. The van der Waals surface area contributed by atoms with Gasteiger partial charge in [-0.25, -0.2) is 9.98 Å². The van der Waals surface area contributed by atoms with E-state index in [0.717, 1.165) is 0 Å². The number of halogens is 1. The van der Waals surface area contributed by atoms with E-state index in [0.29, 0.717) is 22.2 Å². The number of nitrogens with one attached hydrogen (secondary N) is 3. The van der Waals surface area contributed by atoms with Crippen molar-refractivity contribution in [2.45, 2.75) is 6.61 Å². The maximum Gasteiger partial charge on any atom is 0.325 e. The quantitative estimate of drug-likeness (QED) is 0.440. The van der Waals surface area contributed by atoms with Gasteiger partial charge in [-0.15, -0.1) is 4.98 Å². The van der Waals surface area contributed by atoms with Gasteiger partial charge < -0.3 is 15.2 Å². The van der Waals surface area contributed by atoms with Crippen LogP contribution < -0.4 is 26.3 Å². The van der Waals surface area contributed by atoms with E-state index >= 15 is 0 Å². The lowest BCUT2D eigenvalue weighted by Crippen LogP contribution is -2.73. The number of anilines is 1. The minimum atomic E-state index is -0.317. The van der Waals surface area contributed by atoms with E-state index in [4.69, 9.17) is 26.8 Å². The van der Waals surface area contributed by atoms with Crippen LogP contribution in [0.2, 0.25) is 5.02 Å². The Kier molecular flexibility index (Phi) is 5.56. The number of hydrogen-bond donors (Lipinski definition) is 4. The largest absolute Gasteiger partial charge is 0.494 e. The number of aromatic nitrogens is 2. The molecule has 0 bridgehead atoms. The fourth-order valence-corrected chi connectivity index (χ4v) is 2.04. The van der Waals surface area contributed by atoms with Crippen molar-refractivity contribution in [3.05, 3.63) is 45.3 Å². The lowest BCUT2D eigenvalue weighted by Gasteiger charge is -2.08. The summed E-state index contributed by atoms with van der Waals surface area (Å²) < 4.78 is 10.2. The van der Waals surface area contributed by atoms with Gasteiger partial charge in [-0.05, 0) is 18.2 Å². The Hall–Kier alpha value is -2.58. The molecule has 1 heterocycles. The maximum atomic E-state index is 11.6. The number of benzene rings is 1. The Morgan fingerprint density at radius 2 is 2.22 bits per heavy atom. The number of guanidine groups is 1. The third-order valence-corrected chi connectivity index (χ3v) is 3.01. The Morgan fingerprint density at radius 1 is 1.43 bits per heavy atom. The molecule has 0 atom stereocenters. The van der Waals surface area contributed by atoms with Gasteiger partial charge in [-0.1, -0.05) is 11.6 Å². The van der Waals surface area contributed by atoms with E-state index in [9.17, 15) is 4.79 Å². The smallest absolute Gasteiger partial charge is 0.325 e. The van der Waals surface area contributed by atoms with Crippen LogP contribution in [0.5, 0.6) is 5.75 Å². The second-order valence-electron chi connectivity index (χ2n) is 4.53. The Labute approximate surface area is 137 Å². The molecule has 0 aliphatic heterocycles. The first-order valence-electron chi connectivity index (χ1n) is 6.61. The molecular formula is C14H17ClN5O3+. The molecule has 1 aromatic heterocycles. The van der Waals surface area contributed by atoms with Crippen molar-refractivity contribution in [2.24, 2.45) is 5.73 Å². The highest BCUT2D eigenvalue weighted by Gasteiger charge is 2.10. The molecule has 0 saturated heterocycles. The normalized spacial score (nSPS) is 11.3. The first kappa shape index (κ1) is 16.8. The summed E-state index contributed by atoms with van der Waals surface area (Å²) in [5, 5.41) is 3.43. The number of nitrogens with zero attached hydrogens (tertiary/aromatic N) is 1. The standard InChI is InChI=1S/C14H16ClN5O3/c1-22-7-9-6-12(21)19-14(17-9)20-13(16)18-10-5-8(15)3-4-11(10)23-2/h3-6H,7H2,1-2H3,(H4,16,17,18,19,20,21)/p+1. The van der Waals surface area contributed by atoms with Crippen LogP contribution in [0, 0.1) is 0 Å². The molecule has 0 spiro atoms. The molecule has 0 aliphatic rings. The van der Waals surface area contributed by atoms with Crippen LogP contribution in [0.1, 0.15) is 5.69 Å². The molecule has 2 aromatic rings. The van der Waals surface area contributed by atoms with Gasteiger partial charge in [-0.2, -0.15) is 0 Å². The van der Waals surface area contributed by atoms with Crippen LogP contribution >= 0.6 is 11.6 Å². The van der Waals surface area contributed by atoms with Crippen LogP contribution in [0.3, 0.4) is 0 Å². The zero-order valence-electron chi connectivity index (χ0n) is 12.6. The molecule has 23 heavy (non-hydrogen) atoms. The van der Waals surface area contributed by atoms with Gasteiger partial charge in [0.1, 0.15) is 11.4 Å². The van der Waals surface area contributed by atoms with Crippen molar-refractivity contribution in [3.8, 4) is 5.75 Å². The molecule has 0 amide bonds. The van der Waals surface area contributed by atoms with Gasteiger partial charge in [-0.3, -0.25) is 10.1 Å². The van der Waals surface area contributed by atoms with Crippen molar-refractivity contribution in [3.63, 3.8) is 0 Å². The highest BCUT2D eigenvalue weighted by Crippen LogP contribution is 2.27. The van der Waals surface area contributed by atoms with Crippen LogP contribution in [0.4, 0.5) is 11.6 Å².